The van der Waals surface area contributed by atoms with Crippen LogP contribution in [0, 0.1) is 0 Å². The number of fused-ring (bicyclic) bond motifs is 1. The van der Waals surface area contributed by atoms with Gasteiger partial charge in [0.1, 0.15) is 12.1 Å². The Balaban J connectivity index is 0.00000156. The third kappa shape index (κ3) is 5.39. The van der Waals surface area contributed by atoms with E-state index in [9.17, 15) is 4.79 Å². The third-order valence-electron chi connectivity index (χ3n) is 3.92. The molecule has 7 nitrogen and oxygen atoms in total. The summed E-state index contributed by atoms with van der Waals surface area (Å²) in [7, 11) is 1.65. The second kappa shape index (κ2) is 10.7. The molecule has 0 spiro atoms. The number of methoxy groups -OCH3 is 1. The zero-order valence-corrected chi connectivity index (χ0v) is 16.5. The van der Waals surface area contributed by atoms with Crippen LogP contribution < -0.4 is 10.2 Å². The number of amides is 1. The largest absolute Gasteiger partial charge is 0.383 e. The van der Waals surface area contributed by atoms with Crippen molar-refractivity contribution >= 4 is 58.1 Å². The monoisotopic (exact) mass is 407 g/mol. The lowest BCUT2D eigenvalue weighted by molar-refractivity contribution is -0.130. The second-order valence-electron chi connectivity index (χ2n) is 5.37. The average molecular weight is 408 g/mol. The molecule has 1 amide bonds. The number of carbonyl (C=O) groups excluding carboxylic acids is 1. The summed E-state index contributed by atoms with van der Waals surface area (Å²) in [5.74, 6) is 1.13. The van der Waals surface area contributed by atoms with E-state index in [-0.39, 0.29) is 30.7 Å². The van der Waals surface area contributed by atoms with Gasteiger partial charge in [-0.1, -0.05) is 0 Å². The van der Waals surface area contributed by atoms with E-state index in [1.165, 1.54) is 0 Å². The highest BCUT2D eigenvalue weighted by Crippen LogP contribution is 2.28. The number of hydrogen-bond acceptors (Lipinski definition) is 7. The molecule has 3 heterocycles. The number of anilines is 1. The van der Waals surface area contributed by atoms with Crippen LogP contribution in [0.25, 0.3) is 10.2 Å². The molecule has 0 radical (unpaired) electrons. The van der Waals surface area contributed by atoms with Gasteiger partial charge in [-0.2, -0.15) is 0 Å². The summed E-state index contributed by atoms with van der Waals surface area (Å²) < 4.78 is 6.07. The van der Waals surface area contributed by atoms with Crippen LogP contribution in [0.2, 0.25) is 0 Å². The first-order chi connectivity index (χ1) is 11.3. The van der Waals surface area contributed by atoms with Crippen LogP contribution in [0.3, 0.4) is 0 Å². The average Bonchev–Trinajstić information content (AvgIpc) is 3.07. The summed E-state index contributed by atoms with van der Waals surface area (Å²) >= 11 is 1.66. The molecule has 140 valence electrons. The fraction of sp³-hybridized carbons (Fsp3) is 0.533. The summed E-state index contributed by atoms with van der Waals surface area (Å²) in [5.41, 5.74) is 0.987. The molecular weight excluding hydrogens is 385 g/mol. The van der Waals surface area contributed by atoms with Crippen LogP contribution in [0.4, 0.5) is 5.82 Å². The van der Waals surface area contributed by atoms with E-state index in [1.54, 1.807) is 24.8 Å². The number of nitrogens with one attached hydrogen (secondary N) is 1. The Bertz CT molecular complexity index is 664. The highest BCUT2D eigenvalue weighted by molar-refractivity contribution is 7.17. The van der Waals surface area contributed by atoms with E-state index in [2.05, 4.69) is 20.2 Å². The third-order valence-corrected chi connectivity index (χ3v) is 4.82. The normalized spacial score (nSPS) is 14.1. The van der Waals surface area contributed by atoms with Gasteiger partial charge >= 0.3 is 0 Å². The Morgan fingerprint density at radius 2 is 2.04 bits per heavy atom. The predicted octanol–water partition coefficient (Wildman–Crippen LogP) is 1.42. The Labute approximate surface area is 163 Å². The lowest BCUT2D eigenvalue weighted by atomic mass is 10.3. The van der Waals surface area contributed by atoms with Crippen LogP contribution in [0.15, 0.2) is 17.8 Å². The van der Waals surface area contributed by atoms with Crippen molar-refractivity contribution in [1.82, 2.24) is 20.2 Å². The molecule has 1 fully saturated rings. The van der Waals surface area contributed by atoms with E-state index < -0.39 is 0 Å². The SMILES string of the molecule is COCCNCC(=O)N1CCN(c2ncnc3ccsc23)CC1.Cl.Cl. The molecule has 0 saturated carbocycles. The molecule has 2 aromatic heterocycles. The van der Waals surface area contributed by atoms with E-state index in [0.717, 1.165) is 42.2 Å². The summed E-state index contributed by atoms with van der Waals surface area (Å²) in [6.45, 7) is 4.72. The highest BCUT2D eigenvalue weighted by atomic mass is 35.5. The Kier molecular flexibility index (Phi) is 9.37. The minimum Gasteiger partial charge on any atom is -0.383 e. The fourth-order valence-corrected chi connectivity index (χ4v) is 3.51. The zero-order chi connectivity index (χ0) is 16.1. The van der Waals surface area contributed by atoms with Crippen molar-refractivity contribution in [3.05, 3.63) is 17.8 Å². The Morgan fingerprint density at radius 3 is 2.76 bits per heavy atom. The van der Waals surface area contributed by atoms with Gasteiger partial charge in [-0.3, -0.25) is 4.79 Å². The van der Waals surface area contributed by atoms with Crippen molar-refractivity contribution in [2.75, 3.05) is 57.9 Å². The molecule has 2 aromatic rings. The molecule has 0 aromatic carbocycles. The molecule has 25 heavy (non-hydrogen) atoms. The molecule has 1 aliphatic rings. The van der Waals surface area contributed by atoms with Crippen molar-refractivity contribution in [1.29, 1.82) is 0 Å². The zero-order valence-electron chi connectivity index (χ0n) is 14.0. The predicted molar refractivity (Wildman–Crippen MR) is 105 cm³/mol. The molecule has 1 saturated heterocycles. The first-order valence-electron chi connectivity index (χ1n) is 7.70. The first-order valence-corrected chi connectivity index (χ1v) is 8.58. The van der Waals surface area contributed by atoms with E-state index in [4.69, 9.17) is 4.74 Å². The van der Waals surface area contributed by atoms with Crippen LogP contribution in [-0.2, 0) is 9.53 Å². The topological polar surface area (TPSA) is 70.6 Å². The highest BCUT2D eigenvalue weighted by Gasteiger charge is 2.23. The second-order valence-corrected chi connectivity index (χ2v) is 6.29. The first kappa shape index (κ1) is 21.9. The van der Waals surface area contributed by atoms with Gasteiger partial charge < -0.3 is 19.9 Å². The maximum absolute atomic E-state index is 12.2. The van der Waals surface area contributed by atoms with Gasteiger partial charge in [0.15, 0.2) is 0 Å². The molecule has 3 rings (SSSR count). The lowest BCUT2D eigenvalue weighted by Gasteiger charge is -2.35. The molecule has 0 atom stereocenters. The molecule has 0 bridgehead atoms. The number of hydrogen-bond donors (Lipinski definition) is 1. The van der Waals surface area contributed by atoms with Gasteiger partial charge in [0.05, 0.1) is 23.4 Å². The maximum atomic E-state index is 12.2. The van der Waals surface area contributed by atoms with Gasteiger partial charge in [0.25, 0.3) is 0 Å². The summed E-state index contributed by atoms with van der Waals surface area (Å²) in [6, 6.07) is 2.01. The van der Waals surface area contributed by atoms with Gasteiger partial charge in [0.2, 0.25) is 5.91 Å². The van der Waals surface area contributed by atoms with Gasteiger partial charge in [0, 0.05) is 39.8 Å². The maximum Gasteiger partial charge on any atom is 0.236 e. The van der Waals surface area contributed by atoms with E-state index in [1.807, 2.05) is 16.3 Å². The number of piperazine rings is 1. The number of halogens is 2. The van der Waals surface area contributed by atoms with Gasteiger partial charge in [-0.25, -0.2) is 9.97 Å². The minimum atomic E-state index is 0. The van der Waals surface area contributed by atoms with E-state index >= 15 is 0 Å². The van der Waals surface area contributed by atoms with Gasteiger partial charge in [-0.05, 0) is 11.4 Å². The van der Waals surface area contributed by atoms with Crippen molar-refractivity contribution < 1.29 is 9.53 Å². The summed E-state index contributed by atoms with van der Waals surface area (Å²) in [6.07, 6.45) is 1.61. The molecule has 0 unspecified atom stereocenters. The number of rotatable bonds is 6. The summed E-state index contributed by atoms with van der Waals surface area (Å²) in [5, 5.41) is 5.13. The van der Waals surface area contributed by atoms with Crippen LogP contribution in [-0.4, -0.2) is 73.8 Å². The smallest absolute Gasteiger partial charge is 0.236 e. The van der Waals surface area contributed by atoms with Crippen molar-refractivity contribution in [2.24, 2.45) is 0 Å². The van der Waals surface area contributed by atoms with E-state index in [0.29, 0.717) is 19.7 Å². The molecule has 10 heteroatoms. The Morgan fingerprint density at radius 1 is 1.28 bits per heavy atom. The van der Waals surface area contributed by atoms with Crippen LogP contribution >= 0.6 is 36.2 Å². The molecule has 1 aliphatic heterocycles. The van der Waals surface area contributed by atoms with Gasteiger partial charge in [-0.15, -0.1) is 36.2 Å². The Hall–Kier alpha value is -1.19. The lowest BCUT2D eigenvalue weighted by Crippen LogP contribution is -2.51. The molecule has 0 aliphatic carbocycles. The van der Waals surface area contributed by atoms with Crippen molar-refractivity contribution in [3.63, 3.8) is 0 Å². The van der Waals surface area contributed by atoms with Crippen molar-refractivity contribution in [3.8, 4) is 0 Å². The number of carbonyl (C=O) groups is 1. The van der Waals surface area contributed by atoms with Crippen molar-refractivity contribution in [2.45, 2.75) is 0 Å². The fourth-order valence-electron chi connectivity index (χ4n) is 2.65. The van der Waals surface area contributed by atoms with Crippen LogP contribution in [0.1, 0.15) is 0 Å². The number of aromatic nitrogens is 2. The standard InChI is InChI=1S/C15H21N5O2S.2ClH/c1-22-8-3-16-10-13(21)19-4-6-20(7-5-19)15-14-12(2-9-23-14)17-11-18-15;;/h2,9,11,16H,3-8,10H2,1H3;2*1H. The minimum absolute atomic E-state index is 0. The van der Waals surface area contributed by atoms with Crippen LogP contribution in [0.5, 0.6) is 0 Å². The quantitative estimate of drug-likeness (QED) is 0.730. The molecular formula is C15H23Cl2N5O2S. The number of ether oxygens (including phenoxy) is 1. The number of thiophene rings is 1. The molecule has 1 N–H and O–H groups in total. The number of nitrogens with zero attached hydrogens (tertiary/aromatic N) is 4. The summed E-state index contributed by atoms with van der Waals surface area (Å²) in [4.78, 5) is 25.0.